The lowest BCUT2D eigenvalue weighted by Crippen LogP contribution is -2.38. The number of hydrogen-bond donors (Lipinski definition) is 2. The molecule has 4 nitrogen and oxygen atoms in total. The molecule has 144 valence electrons. The minimum Gasteiger partial charge on any atom is -0.357 e. The molecule has 1 aromatic carbocycles. The predicted molar refractivity (Wildman–Crippen MR) is 117 cm³/mol. The first-order chi connectivity index (χ1) is 11.7. The summed E-state index contributed by atoms with van der Waals surface area (Å²) in [5.41, 5.74) is 1.12. The average molecular weight is 464 g/mol. The number of guanidine groups is 1. The van der Waals surface area contributed by atoms with Crippen molar-refractivity contribution in [1.82, 2.24) is 15.5 Å². The maximum atomic E-state index is 12.9. The highest BCUT2D eigenvalue weighted by molar-refractivity contribution is 14.0. The number of unbranched alkanes of at least 4 members (excludes halogenated alkanes) is 1. The van der Waals surface area contributed by atoms with E-state index in [2.05, 4.69) is 41.3 Å². The summed E-state index contributed by atoms with van der Waals surface area (Å²) < 4.78 is 12.9. The van der Waals surface area contributed by atoms with E-state index >= 15 is 0 Å². The fourth-order valence-electron chi connectivity index (χ4n) is 2.50. The summed E-state index contributed by atoms with van der Waals surface area (Å²) in [7, 11) is 0. The van der Waals surface area contributed by atoms with E-state index < -0.39 is 0 Å². The number of nitrogens with zero attached hydrogens (tertiary/aromatic N) is 2. The Balaban J connectivity index is 0.00000576. The van der Waals surface area contributed by atoms with Crippen molar-refractivity contribution in [1.29, 1.82) is 0 Å². The minimum absolute atomic E-state index is 0. The van der Waals surface area contributed by atoms with Gasteiger partial charge in [0.25, 0.3) is 0 Å². The molecule has 0 atom stereocenters. The minimum atomic E-state index is -0.189. The van der Waals surface area contributed by atoms with Gasteiger partial charge in [-0.25, -0.2) is 4.39 Å². The van der Waals surface area contributed by atoms with Crippen LogP contribution in [0.3, 0.4) is 0 Å². The molecule has 2 N–H and O–H groups in total. The number of rotatable bonds is 11. The molecule has 0 unspecified atom stereocenters. The van der Waals surface area contributed by atoms with Gasteiger partial charge in [-0.3, -0.25) is 4.99 Å². The first kappa shape index (κ1) is 24.1. The zero-order valence-electron chi connectivity index (χ0n) is 15.9. The van der Waals surface area contributed by atoms with E-state index in [-0.39, 0.29) is 29.8 Å². The van der Waals surface area contributed by atoms with Gasteiger partial charge in [0.05, 0.1) is 0 Å². The van der Waals surface area contributed by atoms with Crippen LogP contribution in [-0.4, -0.2) is 50.1 Å². The third-order valence-electron chi connectivity index (χ3n) is 4.01. The van der Waals surface area contributed by atoms with E-state index in [1.54, 1.807) is 0 Å². The van der Waals surface area contributed by atoms with E-state index in [9.17, 15) is 4.39 Å². The van der Waals surface area contributed by atoms with Gasteiger partial charge >= 0.3 is 0 Å². The SMILES string of the molecule is CCNC(=NCCCCN(CC)CC)NCCc1ccc(F)cc1.I. The lowest BCUT2D eigenvalue weighted by atomic mass is 10.1. The smallest absolute Gasteiger partial charge is 0.191 e. The van der Waals surface area contributed by atoms with E-state index in [1.807, 2.05) is 12.1 Å². The second kappa shape index (κ2) is 15.4. The highest BCUT2D eigenvalue weighted by Crippen LogP contribution is 2.02. The number of hydrogen-bond acceptors (Lipinski definition) is 2. The Morgan fingerprint density at radius 3 is 2.32 bits per heavy atom. The van der Waals surface area contributed by atoms with E-state index in [0.717, 1.165) is 63.6 Å². The second-order valence-electron chi connectivity index (χ2n) is 5.80. The van der Waals surface area contributed by atoms with Crippen LogP contribution in [-0.2, 0) is 6.42 Å². The van der Waals surface area contributed by atoms with Crippen molar-refractivity contribution in [3.63, 3.8) is 0 Å². The lowest BCUT2D eigenvalue weighted by Gasteiger charge is -2.17. The summed E-state index contributed by atoms with van der Waals surface area (Å²) >= 11 is 0. The number of benzene rings is 1. The average Bonchev–Trinajstić information content (AvgIpc) is 2.59. The van der Waals surface area contributed by atoms with Crippen LogP contribution in [0.2, 0.25) is 0 Å². The van der Waals surface area contributed by atoms with Crippen molar-refractivity contribution in [2.45, 2.75) is 40.0 Å². The Morgan fingerprint density at radius 1 is 1.04 bits per heavy atom. The van der Waals surface area contributed by atoms with Crippen LogP contribution in [0.25, 0.3) is 0 Å². The molecule has 6 heteroatoms. The highest BCUT2D eigenvalue weighted by atomic mass is 127. The van der Waals surface area contributed by atoms with Crippen LogP contribution in [0, 0.1) is 5.82 Å². The van der Waals surface area contributed by atoms with E-state index in [0.29, 0.717) is 0 Å². The van der Waals surface area contributed by atoms with Crippen molar-refractivity contribution in [2.75, 3.05) is 39.3 Å². The molecule has 0 fully saturated rings. The fraction of sp³-hybridized carbons (Fsp3) is 0.632. The third-order valence-corrected chi connectivity index (χ3v) is 4.01. The molecule has 0 bridgehead atoms. The topological polar surface area (TPSA) is 39.7 Å². The number of nitrogens with one attached hydrogen (secondary N) is 2. The van der Waals surface area contributed by atoms with Gasteiger partial charge in [-0.05, 0) is 63.5 Å². The quantitative estimate of drug-likeness (QED) is 0.227. The Kier molecular flexibility index (Phi) is 14.8. The van der Waals surface area contributed by atoms with Crippen molar-refractivity contribution in [3.8, 4) is 0 Å². The Hall–Kier alpha value is -0.890. The molecule has 0 aromatic heterocycles. The van der Waals surface area contributed by atoms with Crippen LogP contribution >= 0.6 is 24.0 Å². The molecule has 0 spiro atoms. The normalized spacial score (nSPS) is 11.3. The highest BCUT2D eigenvalue weighted by Gasteiger charge is 2.00. The summed E-state index contributed by atoms with van der Waals surface area (Å²) in [5, 5.41) is 6.61. The third kappa shape index (κ3) is 11.4. The standard InChI is InChI=1S/C19H33FN4.HI/c1-4-21-19(22-14-7-8-16-24(5-2)6-3)23-15-13-17-9-11-18(20)12-10-17;/h9-12H,4-8,13-16H2,1-3H3,(H2,21,22,23);1H. The summed E-state index contributed by atoms with van der Waals surface area (Å²) in [6, 6.07) is 6.66. The van der Waals surface area contributed by atoms with Gasteiger partial charge in [0.15, 0.2) is 5.96 Å². The van der Waals surface area contributed by atoms with Crippen LogP contribution in [0.5, 0.6) is 0 Å². The molecule has 0 saturated heterocycles. The molecular weight excluding hydrogens is 430 g/mol. The van der Waals surface area contributed by atoms with Gasteiger partial charge in [0.1, 0.15) is 5.82 Å². The number of halogens is 2. The van der Waals surface area contributed by atoms with Gasteiger partial charge in [-0.15, -0.1) is 24.0 Å². The molecule has 0 aliphatic heterocycles. The Labute approximate surface area is 169 Å². The molecule has 0 aliphatic rings. The molecular formula is C19H34FIN4. The Bertz CT molecular complexity index is 461. The van der Waals surface area contributed by atoms with Crippen LogP contribution in [0.4, 0.5) is 4.39 Å². The molecule has 0 amide bonds. The molecule has 0 heterocycles. The summed E-state index contributed by atoms with van der Waals surface area (Å²) in [6.45, 7) is 12.3. The predicted octanol–water partition coefficient (Wildman–Crippen LogP) is 3.66. The number of aliphatic imine (C=N–C) groups is 1. The molecule has 0 radical (unpaired) electrons. The molecule has 1 rings (SSSR count). The van der Waals surface area contributed by atoms with Crippen LogP contribution < -0.4 is 10.6 Å². The first-order valence-electron chi connectivity index (χ1n) is 9.18. The summed E-state index contributed by atoms with van der Waals surface area (Å²) in [6.07, 6.45) is 3.14. The van der Waals surface area contributed by atoms with Crippen molar-refractivity contribution in [2.24, 2.45) is 4.99 Å². The molecule has 25 heavy (non-hydrogen) atoms. The van der Waals surface area contributed by atoms with Gasteiger partial charge < -0.3 is 15.5 Å². The van der Waals surface area contributed by atoms with Crippen molar-refractivity contribution < 1.29 is 4.39 Å². The zero-order chi connectivity index (χ0) is 17.6. The first-order valence-corrected chi connectivity index (χ1v) is 9.18. The van der Waals surface area contributed by atoms with Gasteiger partial charge in [0.2, 0.25) is 0 Å². The van der Waals surface area contributed by atoms with Gasteiger partial charge in [-0.1, -0.05) is 26.0 Å². The molecule has 1 aromatic rings. The largest absolute Gasteiger partial charge is 0.357 e. The summed E-state index contributed by atoms with van der Waals surface area (Å²) in [5.74, 6) is 0.675. The maximum absolute atomic E-state index is 12.9. The van der Waals surface area contributed by atoms with Gasteiger partial charge in [0, 0.05) is 19.6 Å². The molecule has 0 aliphatic carbocycles. The van der Waals surface area contributed by atoms with Crippen LogP contribution in [0.15, 0.2) is 29.3 Å². The van der Waals surface area contributed by atoms with Crippen molar-refractivity contribution >= 4 is 29.9 Å². The molecule has 0 saturated carbocycles. The van der Waals surface area contributed by atoms with Crippen LogP contribution in [0.1, 0.15) is 39.2 Å². The lowest BCUT2D eigenvalue weighted by molar-refractivity contribution is 0.297. The van der Waals surface area contributed by atoms with E-state index in [4.69, 9.17) is 0 Å². The van der Waals surface area contributed by atoms with E-state index in [1.165, 1.54) is 18.6 Å². The maximum Gasteiger partial charge on any atom is 0.191 e. The zero-order valence-corrected chi connectivity index (χ0v) is 18.2. The monoisotopic (exact) mass is 464 g/mol. The fourth-order valence-corrected chi connectivity index (χ4v) is 2.50. The van der Waals surface area contributed by atoms with Crippen molar-refractivity contribution in [3.05, 3.63) is 35.6 Å². The van der Waals surface area contributed by atoms with Gasteiger partial charge in [-0.2, -0.15) is 0 Å². The second-order valence-corrected chi connectivity index (χ2v) is 5.80. The summed E-state index contributed by atoms with van der Waals surface area (Å²) in [4.78, 5) is 7.06. The Morgan fingerprint density at radius 2 is 1.72 bits per heavy atom.